The summed E-state index contributed by atoms with van der Waals surface area (Å²) in [6.45, 7) is 17.5. The van der Waals surface area contributed by atoms with Crippen molar-refractivity contribution < 1.29 is 4.79 Å². The maximum absolute atomic E-state index is 11.9. The third-order valence-electron chi connectivity index (χ3n) is 5.87. The normalized spacial score (nSPS) is 24.2. The Kier molecular flexibility index (Phi) is 7.51. The molecule has 0 aromatic carbocycles. The Hall–Kier alpha value is -0.450. The number of hydrogen-bond donors (Lipinski definition) is 0. The smallest absolute Gasteiger partial charge is 0.149 e. The van der Waals surface area contributed by atoms with Crippen molar-refractivity contribution in [3.8, 4) is 0 Å². The van der Waals surface area contributed by atoms with Crippen LogP contribution < -0.4 is 0 Å². The van der Waals surface area contributed by atoms with E-state index in [2.05, 4.69) is 28.5 Å². The Morgan fingerprint density at radius 3 is 2.04 bits per heavy atom. The van der Waals surface area contributed by atoms with Crippen molar-refractivity contribution in [3.05, 3.63) is 0 Å². The average Bonchev–Trinajstić information content (AvgIpc) is 2.56. The predicted molar refractivity (Wildman–Crippen MR) is 96.8 cm³/mol. The average molecular weight is 324 g/mol. The molecule has 2 aliphatic rings. The molecule has 0 aromatic rings. The lowest BCUT2D eigenvalue weighted by molar-refractivity contribution is -0.123. The fourth-order valence-electron chi connectivity index (χ4n) is 3.73. The van der Waals surface area contributed by atoms with E-state index in [0.717, 1.165) is 38.1 Å². The van der Waals surface area contributed by atoms with Gasteiger partial charge in [-0.05, 0) is 45.2 Å². The maximum atomic E-state index is 11.9. The summed E-state index contributed by atoms with van der Waals surface area (Å²) in [7, 11) is 0. The first kappa shape index (κ1) is 18.9. The van der Waals surface area contributed by atoms with Crippen molar-refractivity contribution in [2.45, 2.75) is 53.0 Å². The van der Waals surface area contributed by atoms with Crippen LogP contribution in [0.3, 0.4) is 0 Å². The molecule has 4 nitrogen and oxygen atoms in total. The molecular weight excluding hydrogens is 286 g/mol. The Bertz CT molecular complexity index is 356. The number of carbonyl (C=O) groups is 1. The molecule has 134 valence electrons. The van der Waals surface area contributed by atoms with Crippen molar-refractivity contribution in [1.82, 2.24) is 14.7 Å². The standard InChI is InChI=1S/C19H37N3O/c1-5-17(4)22-8-6-18(7-9-22)14-20-10-12-21(13-11-20)15-19(23)16(2)3/h16-18H,5-15H2,1-4H3. The fraction of sp³-hybridized carbons (Fsp3) is 0.947. The highest BCUT2D eigenvalue weighted by molar-refractivity contribution is 5.82. The molecule has 2 saturated heterocycles. The second kappa shape index (κ2) is 9.14. The number of hydrogen-bond acceptors (Lipinski definition) is 4. The summed E-state index contributed by atoms with van der Waals surface area (Å²) in [5.41, 5.74) is 0. The van der Waals surface area contributed by atoms with Crippen LogP contribution in [0.15, 0.2) is 0 Å². The van der Waals surface area contributed by atoms with Crippen LogP contribution in [0.25, 0.3) is 0 Å². The summed E-state index contributed by atoms with van der Waals surface area (Å²) in [5, 5.41) is 0. The Balaban J connectivity index is 1.64. The zero-order chi connectivity index (χ0) is 16.8. The molecule has 0 bridgehead atoms. The van der Waals surface area contributed by atoms with Crippen LogP contribution in [0.5, 0.6) is 0 Å². The monoisotopic (exact) mass is 323 g/mol. The van der Waals surface area contributed by atoms with E-state index in [1.807, 2.05) is 13.8 Å². The zero-order valence-corrected chi connectivity index (χ0v) is 15.8. The summed E-state index contributed by atoms with van der Waals surface area (Å²) < 4.78 is 0. The number of piperidine rings is 1. The number of likely N-dealkylation sites (tertiary alicyclic amines) is 1. The van der Waals surface area contributed by atoms with Crippen molar-refractivity contribution >= 4 is 5.78 Å². The van der Waals surface area contributed by atoms with Gasteiger partial charge in [0.2, 0.25) is 0 Å². The van der Waals surface area contributed by atoms with Crippen LogP contribution in [0, 0.1) is 11.8 Å². The maximum Gasteiger partial charge on any atom is 0.149 e. The minimum atomic E-state index is 0.170. The molecule has 0 amide bonds. The topological polar surface area (TPSA) is 26.8 Å². The number of nitrogens with zero attached hydrogens (tertiary/aromatic N) is 3. The molecule has 23 heavy (non-hydrogen) atoms. The molecule has 0 N–H and O–H groups in total. The lowest BCUT2D eigenvalue weighted by Gasteiger charge is -2.40. The van der Waals surface area contributed by atoms with E-state index in [4.69, 9.17) is 0 Å². The molecule has 0 radical (unpaired) electrons. The van der Waals surface area contributed by atoms with E-state index in [9.17, 15) is 4.79 Å². The van der Waals surface area contributed by atoms with Crippen LogP contribution in [0.1, 0.15) is 47.0 Å². The lowest BCUT2D eigenvalue weighted by Crippen LogP contribution is -2.50. The zero-order valence-electron chi connectivity index (χ0n) is 15.8. The molecule has 0 aliphatic carbocycles. The molecule has 1 atom stereocenters. The fourth-order valence-corrected chi connectivity index (χ4v) is 3.73. The summed E-state index contributed by atoms with van der Waals surface area (Å²) in [5.74, 6) is 1.43. The molecule has 1 unspecified atom stereocenters. The van der Waals surface area contributed by atoms with Gasteiger partial charge in [-0.15, -0.1) is 0 Å². The molecule has 2 rings (SSSR count). The van der Waals surface area contributed by atoms with Gasteiger partial charge >= 0.3 is 0 Å². The molecular formula is C19H37N3O. The van der Waals surface area contributed by atoms with Gasteiger partial charge in [0.1, 0.15) is 5.78 Å². The first-order valence-electron chi connectivity index (χ1n) is 9.71. The number of piperazine rings is 1. The SMILES string of the molecule is CCC(C)N1CCC(CN2CCN(CC(=O)C(C)C)CC2)CC1. The van der Waals surface area contributed by atoms with Gasteiger partial charge in [0.05, 0.1) is 6.54 Å². The van der Waals surface area contributed by atoms with Gasteiger partial charge in [-0.3, -0.25) is 9.69 Å². The number of ketones is 1. The van der Waals surface area contributed by atoms with Gasteiger partial charge < -0.3 is 9.80 Å². The van der Waals surface area contributed by atoms with Crippen molar-refractivity contribution in [2.24, 2.45) is 11.8 Å². The highest BCUT2D eigenvalue weighted by atomic mass is 16.1. The van der Waals surface area contributed by atoms with Gasteiger partial charge in [-0.2, -0.15) is 0 Å². The largest absolute Gasteiger partial charge is 0.301 e. The lowest BCUT2D eigenvalue weighted by atomic mass is 9.94. The molecule has 4 heteroatoms. The summed E-state index contributed by atoms with van der Waals surface area (Å²) in [6, 6.07) is 0.748. The second-order valence-corrected chi connectivity index (χ2v) is 7.93. The molecule has 0 saturated carbocycles. The molecule has 2 fully saturated rings. The van der Waals surface area contributed by atoms with E-state index < -0.39 is 0 Å². The van der Waals surface area contributed by atoms with Gasteiger partial charge in [0.15, 0.2) is 0 Å². The van der Waals surface area contributed by atoms with Crippen LogP contribution in [-0.4, -0.2) is 78.9 Å². The van der Waals surface area contributed by atoms with E-state index >= 15 is 0 Å². The van der Waals surface area contributed by atoms with Gasteiger partial charge in [-0.25, -0.2) is 0 Å². The Morgan fingerprint density at radius 1 is 0.957 bits per heavy atom. The van der Waals surface area contributed by atoms with Crippen LogP contribution in [-0.2, 0) is 4.79 Å². The molecule has 0 spiro atoms. The number of Topliss-reactive ketones (excluding diaryl/α,β-unsaturated/α-hetero) is 1. The molecule has 2 aliphatic heterocycles. The van der Waals surface area contributed by atoms with E-state index in [-0.39, 0.29) is 5.92 Å². The van der Waals surface area contributed by atoms with Crippen molar-refractivity contribution in [3.63, 3.8) is 0 Å². The van der Waals surface area contributed by atoms with Crippen molar-refractivity contribution in [1.29, 1.82) is 0 Å². The molecule has 2 heterocycles. The van der Waals surface area contributed by atoms with E-state index in [1.165, 1.54) is 38.9 Å². The van der Waals surface area contributed by atoms with E-state index in [1.54, 1.807) is 0 Å². The Labute approximate surface area is 143 Å². The van der Waals surface area contributed by atoms with Gasteiger partial charge in [0.25, 0.3) is 0 Å². The molecule has 0 aromatic heterocycles. The summed E-state index contributed by atoms with van der Waals surface area (Å²) in [4.78, 5) is 19.5. The second-order valence-electron chi connectivity index (χ2n) is 7.93. The Morgan fingerprint density at radius 2 is 1.52 bits per heavy atom. The van der Waals surface area contributed by atoms with E-state index in [0.29, 0.717) is 12.3 Å². The van der Waals surface area contributed by atoms with Gasteiger partial charge in [0, 0.05) is 44.7 Å². The summed E-state index contributed by atoms with van der Waals surface area (Å²) in [6.07, 6.45) is 3.98. The minimum absolute atomic E-state index is 0.170. The number of carbonyl (C=O) groups excluding carboxylic acids is 1. The highest BCUT2D eigenvalue weighted by Gasteiger charge is 2.25. The summed E-state index contributed by atoms with van der Waals surface area (Å²) >= 11 is 0. The first-order valence-corrected chi connectivity index (χ1v) is 9.71. The van der Waals surface area contributed by atoms with Crippen LogP contribution >= 0.6 is 0 Å². The first-order chi connectivity index (χ1) is 11.0. The van der Waals surface area contributed by atoms with Crippen LogP contribution in [0.4, 0.5) is 0 Å². The van der Waals surface area contributed by atoms with Gasteiger partial charge in [-0.1, -0.05) is 20.8 Å². The third kappa shape index (κ3) is 5.84. The minimum Gasteiger partial charge on any atom is -0.301 e. The predicted octanol–water partition coefficient (Wildman–Crippen LogP) is 2.34. The van der Waals surface area contributed by atoms with Crippen LogP contribution in [0.2, 0.25) is 0 Å². The third-order valence-corrected chi connectivity index (χ3v) is 5.87. The quantitative estimate of drug-likeness (QED) is 0.718. The highest BCUT2D eigenvalue weighted by Crippen LogP contribution is 2.21. The van der Waals surface area contributed by atoms with Crippen molar-refractivity contribution in [2.75, 3.05) is 52.4 Å². The number of rotatable bonds is 7.